The molecule has 0 aromatic carbocycles. The smallest absolute Gasteiger partial charge is 0.0809 e. The molecule has 1 saturated carbocycles. The van der Waals surface area contributed by atoms with Crippen molar-refractivity contribution in [1.29, 1.82) is 0 Å². The molecule has 2 N–H and O–H groups in total. The zero-order chi connectivity index (χ0) is 12.0. The summed E-state index contributed by atoms with van der Waals surface area (Å²) >= 11 is 1.77. The van der Waals surface area contributed by atoms with E-state index in [1.807, 2.05) is 6.20 Å². The second kappa shape index (κ2) is 3.79. The third kappa shape index (κ3) is 1.53. The number of hydrogen-bond donors (Lipinski definition) is 1. The predicted octanol–water partition coefficient (Wildman–Crippen LogP) is 3.53. The molecule has 3 unspecified atom stereocenters. The van der Waals surface area contributed by atoms with Crippen molar-refractivity contribution >= 4 is 21.6 Å². The van der Waals surface area contributed by atoms with E-state index in [-0.39, 0.29) is 5.41 Å². The van der Waals surface area contributed by atoms with Gasteiger partial charge in [-0.2, -0.15) is 0 Å². The van der Waals surface area contributed by atoms with E-state index in [2.05, 4.69) is 36.3 Å². The SMILES string of the molecule is CCC1(C)C(N)CC1c1cnc2ccsc2c1. The summed E-state index contributed by atoms with van der Waals surface area (Å²) < 4.78 is 1.29. The van der Waals surface area contributed by atoms with Gasteiger partial charge in [0, 0.05) is 12.2 Å². The molecule has 2 aromatic heterocycles. The summed E-state index contributed by atoms with van der Waals surface area (Å²) in [7, 11) is 0. The molecular weight excluding hydrogens is 228 g/mol. The van der Waals surface area contributed by atoms with Gasteiger partial charge < -0.3 is 5.73 Å². The molecule has 3 atom stereocenters. The van der Waals surface area contributed by atoms with Crippen molar-refractivity contribution in [1.82, 2.24) is 4.98 Å². The fourth-order valence-electron chi connectivity index (χ4n) is 2.97. The second-order valence-corrected chi connectivity index (χ2v) is 6.27. The lowest BCUT2D eigenvalue weighted by molar-refractivity contribution is 0.0705. The van der Waals surface area contributed by atoms with Gasteiger partial charge in [0.25, 0.3) is 0 Å². The predicted molar refractivity (Wildman–Crippen MR) is 73.4 cm³/mol. The molecule has 0 bridgehead atoms. The third-order valence-electron chi connectivity index (χ3n) is 4.62. The van der Waals surface area contributed by atoms with Gasteiger partial charge in [0.2, 0.25) is 0 Å². The Kier molecular flexibility index (Phi) is 2.49. The molecule has 2 nitrogen and oxygen atoms in total. The van der Waals surface area contributed by atoms with Crippen molar-refractivity contribution in [2.45, 2.75) is 38.6 Å². The van der Waals surface area contributed by atoms with Crippen LogP contribution >= 0.6 is 11.3 Å². The minimum Gasteiger partial charge on any atom is -0.327 e. The molecule has 90 valence electrons. The van der Waals surface area contributed by atoms with E-state index in [0.29, 0.717) is 12.0 Å². The number of fused-ring (bicyclic) bond motifs is 1. The van der Waals surface area contributed by atoms with Crippen LogP contribution in [0.3, 0.4) is 0 Å². The molecule has 1 aliphatic carbocycles. The fourth-order valence-corrected chi connectivity index (χ4v) is 3.76. The van der Waals surface area contributed by atoms with Crippen LogP contribution in [0.25, 0.3) is 10.2 Å². The van der Waals surface area contributed by atoms with Crippen LogP contribution in [-0.4, -0.2) is 11.0 Å². The lowest BCUT2D eigenvalue weighted by atomic mass is 9.54. The first-order chi connectivity index (χ1) is 8.15. The van der Waals surface area contributed by atoms with Crippen LogP contribution in [0.5, 0.6) is 0 Å². The number of thiophene rings is 1. The highest BCUT2D eigenvalue weighted by molar-refractivity contribution is 7.17. The van der Waals surface area contributed by atoms with E-state index in [1.165, 1.54) is 10.3 Å². The zero-order valence-corrected chi connectivity index (χ0v) is 11.1. The maximum atomic E-state index is 6.17. The van der Waals surface area contributed by atoms with Gasteiger partial charge in [-0.05, 0) is 47.3 Å². The molecule has 3 rings (SSSR count). The third-order valence-corrected chi connectivity index (χ3v) is 5.47. The Balaban J connectivity index is 1.99. The van der Waals surface area contributed by atoms with Gasteiger partial charge in [0.1, 0.15) is 0 Å². The van der Waals surface area contributed by atoms with Gasteiger partial charge >= 0.3 is 0 Å². The first kappa shape index (κ1) is 11.2. The lowest BCUT2D eigenvalue weighted by Crippen LogP contribution is -2.54. The van der Waals surface area contributed by atoms with Crippen LogP contribution < -0.4 is 5.73 Å². The van der Waals surface area contributed by atoms with Gasteiger partial charge in [-0.15, -0.1) is 11.3 Å². The van der Waals surface area contributed by atoms with Gasteiger partial charge in [-0.1, -0.05) is 13.8 Å². The quantitative estimate of drug-likeness (QED) is 0.880. The molecule has 0 spiro atoms. The topological polar surface area (TPSA) is 38.9 Å². The molecular formula is C14H18N2S. The zero-order valence-electron chi connectivity index (χ0n) is 10.3. The molecule has 3 heteroatoms. The molecule has 0 saturated heterocycles. The van der Waals surface area contributed by atoms with Gasteiger partial charge in [0.15, 0.2) is 0 Å². The highest BCUT2D eigenvalue weighted by atomic mass is 32.1. The van der Waals surface area contributed by atoms with Crippen molar-refractivity contribution < 1.29 is 0 Å². The minimum atomic E-state index is 0.257. The standard InChI is InChI=1S/C14H18N2S/c1-3-14(2)10(7-13(14)15)9-6-12-11(16-8-9)4-5-17-12/h4-6,8,10,13H,3,7,15H2,1-2H3. The van der Waals surface area contributed by atoms with Gasteiger partial charge in [-0.3, -0.25) is 4.98 Å². The van der Waals surface area contributed by atoms with Crippen LogP contribution in [0.4, 0.5) is 0 Å². The Morgan fingerprint density at radius 3 is 3.12 bits per heavy atom. The van der Waals surface area contributed by atoms with Crippen molar-refractivity contribution in [2.75, 3.05) is 0 Å². The number of nitrogens with zero attached hydrogens (tertiary/aromatic N) is 1. The summed E-state index contributed by atoms with van der Waals surface area (Å²) in [6.45, 7) is 4.55. The van der Waals surface area contributed by atoms with Crippen LogP contribution in [-0.2, 0) is 0 Å². The molecule has 2 aromatic rings. The summed E-state index contributed by atoms with van der Waals surface area (Å²) in [4.78, 5) is 4.54. The number of aromatic nitrogens is 1. The van der Waals surface area contributed by atoms with Crippen LogP contribution in [0.15, 0.2) is 23.7 Å². The number of hydrogen-bond acceptors (Lipinski definition) is 3. The normalized spacial score (nSPS) is 32.6. The lowest BCUT2D eigenvalue weighted by Gasteiger charge is -2.52. The Morgan fingerprint density at radius 1 is 1.59 bits per heavy atom. The Morgan fingerprint density at radius 2 is 2.41 bits per heavy atom. The molecule has 1 fully saturated rings. The molecule has 2 heterocycles. The summed E-state index contributed by atoms with van der Waals surface area (Å²) in [5.41, 5.74) is 8.90. The average molecular weight is 246 g/mol. The minimum absolute atomic E-state index is 0.257. The van der Waals surface area contributed by atoms with Crippen LogP contribution in [0.2, 0.25) is 0 Å². The van der Waals surface area contributed by atoms with E-state index >= 15 is 0 Å². The second-order valence-electron chi connectivity index (χ2n) is 5.33. The van der Waals surface area contributed by atoms with Crippen LogP contribution in [0, 0.1) is 5.41 Å². The molecule has 17 heavy (non-hydrogen) atoms. The highest BCUT2D eigenvalue weighted by Gasteiger charge is 2.48. The fraction of sp³-hybridized carbons (Fsp3) is 0.500. The van der Waals surface area contributed by atoms with Gasteiger partial charge in [-0.25, -0.2) is 0 Å². The maximum absolute atomic E-state index is 6.17. The molecule has 0 radical (unpaired) electrons. The van der Waals surface area contributed by atoms with Crippen molar-refractivity contribution in [3.05, 3.63) is 29.3 Å². The van der Waals surface area contributed by atoms with E-state index in [9.17, 15) is 0 Å². The van der Waals surface area contributed by atoms with Crippen molar-refractivity contribution in [3.8, 4) is 0 Å². The summed E-state index contributed by atoms with van der Waals surface area (Å²) in [5.74, 6) is 0.585. The van der Waals surface area contributed by atoms with E-state index in [0.717, 1.165) is 18.4 Å². The number of nitrogens with two attached hydrogens (primary N) is 1. The highest BCUT2D eigenvalue weighted by Crippen LogP contribution is 2.54. The monoisotopic (exact) mass is 246 g/mol. The number of rotatable bonds is 2. The van der Waals surface area contributed by atoms with E-state index < -0.39 is 0 Å². The van der Waals surface area contributed by atoms with Gasteiger partial charge in [0.05, 0.1) is 10.2 Å². The molecule has 1 aliphatic rings. The summed E-state index contributed by atoms with van der Waals surface area (Å²) in [6.07, 6.45) is 4.28. The summed E-state index contributed by atoms with van der Waals surface area (Å²) in [6, 6.07) is 4.73. The van der Waals surface area contributed by atoms with E-state index in [1.54, 1.807) is 11.3 Å². The Bertz CT molecular complexity index is 548. The first-order valence-corrected chi connectivity index (χ1v) is 7.12. The van der Waals surface area contributed by atoms with Crippen LogP contribution in [0.1, 0.15) is 38.2 Å². The Hall–Kier alpha value is -0.930. The summed E-state index contributed by atoms with van der Waals surface area (Å²) in [5, 5.41) is 2.10. The van der Waals surface area contributed by atoms with Crippen molar-refractivity contribution in [3.63, 3.8) is 0 Å². The number of pyridine rings is 1. The molecule has 0 amide bonds. The maximum Gasteiger partial charge on any atom is 0.0809 e. The van der Waals surface area contributed by atoms with E-state index in [4.69, 9.17) is 5.73 Å². The first-order valence-electron chi connectivity index (χ1n) is 6.24. The Labute approximate surface area is 106 Å². The largest absolute Gasteiger partial charge is 0.327 e. The van der Waals surface area contributed by atoms with Crippen molar-refractivity contribution in [2.24, 2.45) is 11.1 Å². The average Bonchev–Trinajstić information content (AvgIpc) is 2.81. The molecule has 0 aliphatic heterocycles.